The fraction of sp³-hybridized carbons (Fsp3) is 0.500. The molecule has 1 saturated heterocycles. The van der Waals surface area contributed by atoms with Crippen LogP contribution in [0.15, 0.2) is 36.4 Å². The summed E-state index contributed by atoms with van der Waals surface area (Å²) in [6.07, 6.45) is 8.98. The van der Waals surface area contributed by atoms with Crippen molar-refractivity contribution in [2.45, 2.75) is 64.2 Å². The number of hydrogen-bond donors (Lipinski definition) is 3. The molecule has 1 amide bonds. The van der Waals surface area contributed by atoms with Gasteiger partial charge in [0.1, 0.15) is 22.2 Å². The minimum atomic E-state index is -0.0400. The molecule has 0 saturated carbocycles. The van der Waals surface area contributed by atoms with E-state index in [9.17, 15) is 9.90 Å². The molecule has 5 rings (SSSR count). The van der Waals surface area contributed by atoms with Gasteiger partial charge in [-0.15, -0.1) is 11.3 Å². The van der Waals surface area contributed by atoms with E-state index in [0.717, 1.165) is 80.2 Å². The maximum atomic E-state index is 12.8. The second-order valence-corrected chi connectivity index (χ2v) is 12.0. The Bertz CT molecular complexity index is 1280. The predicted octanol–water partition coefficient (Wildman–Crippen LogP) is 5.34. The van der Waals surface area contributed by atoms with Crippen molar-refractivity contribution in [3.05, 3.63) is 63.7 Å². The van der Waals surface area contributed by atoms with Crippen LogP contribution in [0.3, 0.4) is 0 Å². The molecule has 1 aliphatic carbocycles. The van der Waals surface area contributed by atoms with Crippen LogP contribution < -0.4 is 15.8 Å². The van der Waals surface area contributed by atoms with Crippen LogP contribution in [-0.2, 0) is 12.8 Å². The fourth-order valence-corrected chi connectivity index (χ4v) is 7.01. The third-order valence-corrected chi connectivity index (χ3v) is 9.43. The maximum absolute atomic E-state index is 12.8. The number of nitrogen functional groups attached to an aromatic ring is 1. The van der Waals surface area contributed by atoms with Crippen LogP contribution in [0, 0.1) is 6.92 Å². The van der Waals surface area contributed by atoms with E-state index in [1.54, 1.807) is 0 Å². The third kappa shape index (κ3) is 6.85. The van der Waals surface area contributed by atoms with E-state index in [1.807, 2.05) is 31.2 Å². The summed E-state index contributed by atoms with van der Waals surface area (Å²) < 4.78 is 6.14. The molecule has 0 atom stereocenters. The first-order valence-electron chi connectivity index (χ1n) is 14.8. The lowest BCUT2D eigenvalue weighted by Crippen LogP contribution is -2.34. The van der Waals surface area contributed by atoms with Crippen molar-refractivity contribution < 1.29 is 14.6 Å². The zero-order chi connectivity index (χ0) is 27.9. The first kappa shape index (κ1) is 28.6. The number of hydrogen-bond acceptors (Lipinski definition) is 7. The number of carbonyl (C=O) groups is 1. The molecule has 0 spiro atoms. The van der Waals surface area contributed by atoms with E-state index in [0.29, 0.717) is 29.6 Å². The molecule has 2 aliphatic rings. The van der Waals surface area contributed by atoms with Crippen molar-refractivity contribution in [2.75, 3.05) is 45.1 Å². The number of aromatic nitrogens is 1. The lowest BCUT2D eigenvalue weighted by atomic mass is 9.83. The Kier molecular flexibility index (Phi) is 9.73. The van der Waals surface area contributed by atoms with Gasteiger partial charge in [0.2, 0.25) is 0 Å². The molecule has 0 bridgehead atoms. The van der Waals surface area contributed by atoms with Crippen molar-refractivity contribution >= 4 is 22.9 Å². The SMILES string of the molecule is Cc1nc(-c2ccc(N)cc2)sc1C(=O)NCCCCN1CCC(c2ccc3c(c2OCCO)CCCC3)CC1. The highest BCUT2D eigenvalue weighted by molar-refractivity contribution is 7.17. The average molecular weight is 563 g/mol. The summed E-state index contributed by atoms with van der Waals surface area (Å²) in [7, 11) is 0. The minimum absolute atomic E-state index is 0.0400. The van der Waals surface area contributed by atoms with Crippen molar-refractivity contribution in [3.8, 4) is 16.3 Å². The van der Waals surface area contributed by atoms with Crippen molar-refractivity contribution in [3.63, 3.8) is 0 Å². The van der Waals surface area contributed by atoms with E-state index in [4.69, 9.17) is 10.5 Å². The van der Waals surface area contributed by atoms with Gasteiger partial charge in [-0.05, 0) is 125 Å². The lowest BCUT2D eigenvalue weighted by Gasteiger charge is -2.34. The molecule has 3 aromatic rings. The molecule has 1 aromatic heterocycles. The van der Waals surface area contributed by atoms with E-state index in [1.165, 1.54) is 40.9 Å². The number of rotatable bonds is 11. The van der Waals surface area contributed by atoms with Gasteiger partial charge in [-0.3, -0.25) is 4.79 Å². The number of aliphatic hydroxyl groups is 1. The van der Waals surface area contributed by atoms with Crippen molar-refractivity contribution in [1.29, 1.82) is 0 Å². The second kappa shape index (κ2) is 13.6. The largest absolute Gasteiger partial charge is 0.491 e. The number of aryl methyl sites for hydroxylation is 2. The van der Waals surface area contributed by atoms with Gasteiger partial charge >= 0.3 is 0 Å². The molecule has 4 N–H and O–H groups in total. The number of nitrogens with one attached hydrogen (secondary N) is 1. The number of piperidine rings is 1. The molecular weight excluding hydrogens is 520 g/mol. The summed E-state index contributed by atoms with van der Waals surface area (Å²) in [6.45, 7) is 6.21. The highest BCUT2D eigenvalue weighted by atomic mass is 32.1. The standard InChI is InChI=1S/C32H42N4O3S/c1-22-30(40-32(35-22)25-8-11-26(33)12-9-25)31(38)34-16-4-5-17-36-18-14-24(15-19-36)28-13-10-23-6-2-3-7-27(23)29(28)39-21-20-37/h8-13,24,37H,2-7,14-21,33H2,1H3,(H,34,38). The van der Waals surface area contributed by atoms with Gasteiger partial charge in [-0.2, -0.15) is 0 Å². The maximum Gasteiger partial charge on any atom is 0.263 e. The van der Waals surface area contributed by atoms with Crippen LogP contribution in [0.2, 0.25) is 0 Å². The summed E-state index contributed by atoms with van der Waals surface area (Å²) in [5.41, 5.74) is 12.4. The van der Waals surface area contributed by atoms with Gasteiger partial charge < -0.3 is 25.8 Å². The van der Waals surface area contributed by atoms with Crippen LogP contribution in [0.5, 0.6) is 5.75 Å². The molecule has 1 fully saturated rings. The van der Waals surface area contributed by atoms with Gasteiger partial charge in [-0.1, -0.05) is 12.1 Å². The van der Waals surface area contributed by atoms with Crippen LogP contribution >= 0.6 is 11.3 Å². The third-order valence-electron chi connectivity index (χ3n) is 8.22. The first-order chi connectivity index (χ1) is 19.5. The Morgan fingerprint density at radius 3 is 2.67 bits per heavy atom. The summed E-state index contributed by atoms with van der Waals surface area (Å²) in [5.74, 6) is 1.54. The molecule has 2 aromatic carbocycles. The van der Waals surface area contributed by atoms with Crippen molar-refractivity contribution in [2.24, 2.45) is 0 Å². The van der Waals surface area contributed by atoms with Crippen LogP contribution in [0.25, 0.3) is 10.6 Å². The van der Waals surface area contributed by atoms with Gasteiger partial charge in [0.25, 0.3) is 5.91 Å². The van der Waals surface area contributed by atoms with E-state index < -0.39 is 0 Å². The number of thiazole rings is 1. The predicted molar refractivity (Wildman–Crippen MR) is 162 cm³/mol. The number of aliphatic hydroxyl groups excluding tert-OH is 1. The Hall–Kier alpha value is -2.94. The van der Waals surface area contributed by atoms with Gasteiger partial charge in [0.05, 0.1) is 12.3 Å². The summed E-state index contributed by atoms with van der Waals surface area (Å²) in [6, 6.07) is 12.2. The topological polar surface area (TPSA) is 101 Å². The van der Waals surface area contributed by atoms with Crippen LogP contribution in [0.1, 0.15) is 76.5 Å². The van der Waals surface area contributed by atoms with Gasteiger partial charge in [0, 0.05) is 17.8 Å². The number of nitrogens with zero attached hydrogens (tertiary/aromatic N) is 2. The molecule has 214 valence electrons. The quantitative estimate of drug-likeness (QED) is 0.215. The second-order valence-electron chi connectivity index (χ2n) is 11.0. The summed E-state index contributed by atoms with van der Waals surface area (Å²) in [4.78, 5) is 20.6. The van der Waals surface area contributed by atoms with E-state index >= 15 is 0 Å². The normalized spacial score (nSPS) is 16.1. The molecule has 0 radical (unpaired) electrons. The number of benzene rings is 2. The molecule has 40 heavy (non-hydrogen) atoms. The summed E-state index contributed by atoms with van der Waals surface area (Å²) >= 11 is 1.43. The highest BCUT2D eigenvalue weighted by Crippen LogP contribution is 2.40. The van der Waals surface area contributed by atoms with E-state index in [-0.39, 0.29) is 12.5 Å². The summed E-state index contributed by atoms with van der Waals surface area (Å²) in [5, 5.41) is 13.3. The van der Waals surface area contributed by atoms with Crippen molar-refractivity contribution in [1.82, 2.24) is 15.2 Å². The number of nitrogens with two attached hydrogens (primary N) is 1. The van der Waals surface area contributed by atoms with Gasteiger partial charge in [-0.25, -0.2) is 4.98 Å². The number of fused-ring (bicyclic) bond motifs is 1. The molecular formula is C32H42N4O3S. The number of ether oxygens (including phenoxy) is 1. The number of carbonyl (C=O) groups excluding carboxylic acids is 1. The average Bonchev–Trinajstić information content (AvgIpc) is 3.37. The Morgan fingerprint density at radius 1 is 1.12 bits per heavy atom. The molecule has 1 aliphatic heterocycles. The number of likely N-dealkylation sites (tertiary alicyclic amines) is 1. The zero-order valence-corrected chi connectivity index (χ0v) is 24.4. The zero-order valence-electron chi connectivity index (χ0n) is 23.6. The Labute approximate surface area is 241 Å². The molecule has 7 nitrogen and oxygen atoms in total. The smallest absolute Gasteiger partial charge is 0.263 e. The fourth-order valence-electron chi connectivity index (χ4n) is 6.02. The monoisotopic (exact) mass is 562 g/mol. The first-order valence-corrected chi connectivity index (χ1v) is 15.6. The number of unbranched alkanes of at least 4 members (excludes halogenated alkanes) is 1. The van der Waals surface area contributed by atoms with Crippen LogP contribution in [-0.4, -0.2) is 60.3 Å². The minimum Gasteiger partial charge on any atom is -0.491 e. The number of anilines is 1. The number of amides is 1. The molecule has 0 unspecified atom stereocenters. The Balaban J connectivity index is 1.06. The molecule has 2 heterocycles. The lowest BCUT2D eigenvalue weighted by molar-refractivity contribution is 0.0955. The van der Waals surface area contributed by atoms with Gasteiger partial charge in [0.15, 0.2) is 0 Å². The highest BCUT2D eigenvalue weighted by Gasteiger charge is 2.26. The van der Waals surface area contributed by atoms with Crippen LogP contribution in [0.4, 0.5) is 5.69 Å². The molecule has 8 heteroatoms. The van der Waals surface area contributed by atoms with E-state index in [2.05, 4.69) is 27.3 Å². The Morgan fingerprint density at radius 2 is 1.90 bits per heavy atom.